The van der Waals surface area contributed by atoms with Crippen LogP contribution in [0.25, 0.3) is 0 Å². The fourth-order valence-corrected chi connectivity index (χ4v) is 1.67. The Morgan fingerprint density at radius 1 is 1.24 bits per heavy atom. The van der Waals surface area contributed by atoms with Crippen molar-refractivity contribution in [2.45, 2.75) is 19.8 Å². The molecule has 0 N–H and O–H groups in total. The molecule has 0 amide bonds. The molecule has 0 atom stereocenters. The number of benzene rings is 1. The molecule has 0 bridgehead atoms. The van der Waals surface area contributed by atoms with E-state index in [0.29, 0.717) is 5.76 Å². The van der Waals surface area contributed by atoms with Crippen LogP contribution in [0.1, 0.15) is 28.6 Å². The number of hydrogen-bond donors (Lipinski definition) is 0. The van der Waals surface area contributed by atoms with Gasteiger partial charge >= 0.3 is 0 Å². The van der Waals surface area contributed by atoms with Gasteiger partial charge in [-0.25, -0.2) is 4.39 Å². The zero-order valence-corrected chi connectivity index (χ0v) is 9.57. The van der Waals surface area contributed by atoms with Gasteiger partial charge in [0.05, 0.1) is 6.26 Å². The number of carbonyl (C=O) groups excluding carboxylic acids is 1. The predicted molar refractivity (Wildman–Crippen MR) is 62.5 cm³/mol. The molecule has 3 heteroatoms. The Hall–Kier alpha value is -1.90. The fraction of sp³-hybridized carbons (Fsp3) is 0.214. The Morgan fingerprint density at radius 2 is 2.00 bits per heavy atom. The van der Waals surface area contributed by atoms with Gasteiger partial charge in [0.15, 0.2) is 11.5 Å². The summed E-state index contributed by atoms with van der Waals surface area (Å²) < 4.78 is 18.1. The van der Waals surface area contributed by atoms with Crippen LogP contribution < -0.4 is 0 Å². The molecule has 88 valence electrons. The minimum Gasteiger partial charge on any atom is -0.461 e. The van der Waals surface area contributed by atoms with E-state index in [1.165, 1.54) is 19.1 Å². The zero-order chi connectivity index (χ0) is 12.3. The summed E-state index contributed by atoms with van der Waals surface area (Å²) in [6.07, 6.45) is 3.05. The molecule has 1 aromatic carbocycles. The first-order valence-corrected chi connectivity index (χ1v) is 5.48. The average Bonchev–Trinajstić information content (AvgIpc) is 2.75. The van der Waals surface area contributed by atoms with E-state index in [0.717, 1.165) is 24.0 Å². The molecule has 0 unspecified atom stereocenters. The zero-order valence-electron chi connectivity index (χ0n) is 9.57. The van der Waals surface area contributed by atoms with Crippen molar-refractivity contribution < 1.29 is 13.6 Å². The van der Waals surface area contributed by atoms with Crippen molar-refractivity contribution in [2.24, 2.45) is 0 Å². The normalized spacial score (nSPS) is 10.5. The van der Waals surface area contributed by atoms with E-state index in [-0.39, 0.29) is 11.6 Å². The van der Waals surface area contributed by atoms with E-state index in [1.807, 2.05) is 6.07 Å². The van der Waals surface area contributed by atoms with Gasteiger partial charge in [-0.2, -0.15) is 0 Å². The lowest BCUT2D eigenvalue weighted by molar-refractivity contribution is 0.0987. The Balaban J connectivity index is 2.00. The van der Waals surface area contributed by atoms with E-state index < -0.39 is 0 Å². The standard InChI is InChI=1S/C14H13FO2/c1-10(16)14-8-12(9-17-14)6-5-11-3-2-4-13(15)7-11/h2-4,7-9H,5-6H2,1H3. The maximum atomic E-state index is 12.9. The average molecular weight is 232 g/mol. The Kier molecular flexibility index (Phi) is 3.38. The molecular formula is C14H13FO2. The predicted octanol–water partition coefficient (Wildman–Crippen LogP) is 3.41. The van der Waals surface area contributed by atoms with E-state index in [4.69, 9.17) is 4.42 Å². The second-order valence-corrected chi connectivity index (χ2v) is 4.01. The third kappa shape index (κ3) is 3.03. The summed E-state index contributed by atoms with van der Waals surface area (Å²) in [5.41, 5.74) is 1.90. The van der Waals surface area contributed by atoms with Crippen LogP contribution in [0.5, 0.6) is 0 Å². The molecule has 0 radical (unpaired) electrons. The molecule has 2 rings (SSSR count). The SMILES string of the molecule is CC(=O)c1cc(CCc2cccc(F)c2)co1. The van der Waals surface area contributed by atoms with Gasteiger partial charge in [0, 0.05) is 6.92 Å². The molecule has 0 saturated carbocycles. The number of Topliss-reactive ketones (excluding diaryl/α,β-unsaturated/α-hetero) is 1. The Morgan fingerprint density at radius 3 is 2.65 bits per heavy atom. The van der Waals surface area contributed by atoms with E-state index in [9.17, 15) is 9.18 Å². The summed E-state index contributed by atoms with van der Waals surface area (Å²) in [6.45, 7) is 1.47. The number of carbonyl (C=O) groups is 1. The highest BCUT2D eigenvalue weighted by atomic mass is 19.1. The quantitative estimate of drug-likeness (QED) is 0.756. The largest absolute Gasteiger partial charge is 0.461 e. The van der Waals surface area contributed by atoms with Crippen molar-refractivity contribution in [1.82, 2.24) is 0 Å². The first-order chi connectivity index (χ1) is 8.15. The van der Waals surface area contributed by atoms with Crippen LogP contribution in [0, 0.1) is 5.82 Å². The fourth-order valence-electron chi connectivity index (χ4n) is 1.67. The lowest BCUT2D eigenvalue weighted by Crippen LogP contribution is -1.91. The maximum Gasteiger partial charge on any atom is 0.194 e. The number of rotatable bonds is 4. The second-order valence-electron chi connectivity index (χ2n) is 4.01. The highest BCUT2D eigenvalue weighted by molar-refractivity contribution is 5.91. The summed E-state index contributed by atoms with van der Waals surface area (Å²) in [6, 6.07) is 8.26. The highest BCUT2D eigenvalue weighted by Gasteiger charge is 2.06. The number of ketones is 1. The van der Waals surface area contributed by atoms with Crippen molar-refractivity contribution in [3.05, 3.63) is 59.3 Å². The smallest absolute Gasteiger partial charge is 0.194 e. The van der Waals surface area contributed by atoms with Crippen LogP contribution in [0.2, 0.25) is 0 Å². The van der Waals surface area contributed by atoms with Gasteiger partial charge in [0.1, 0.15) is 5.82 Å². The molecule has 17 heavy (non-hydrogen) atoms. The number of aryl methyl sites for hydroxylation is 2. The van der Waals surface area contributed by atoms with E-state index in [2.05, 4.69) is 0 Å². The first kappa shape index (κ1) is 11.6. The van der Waals surface area contributed by atoms with Gasteiger partial charge < -0.3 is 4.42 Å². The topological polar surface area (TPSA) is 30.2 Å². The molecular weight excluding hydrogens is 219 g/mol. The van der Waals surface area contributed by atoms with Crippen LogP contribution in [-0.2, 0) is 12.8 Å². The molecule has 0 aliphatic rings. The minimum atomic E-state index is -0.223. The maximum absolute atomic E-state index is 12.9. The summed E-state index contributed by atoms with van der Waals surface area (Å²) in [4.78, 5) is 11.0. The molecule has 0 fully saturated rings. The lowest BCUT2D eigenvalue weighted by atomic mass is 10.1. The first-order valence-electron chi connectivity index (χ1n) is 5.48. The van der Waals surface area contributed by atoms with Crippen LogP contribution in [-0.4, -0.2) is 5.78 Å². The summed E-state index contributed by atoms with van der Waals surface area (Å²) in [5.74, 6) is 0.0698. The van der Waals surface area contributed by atoms with Gasteiger partial charge in [-0.1, -0.05) is 12.1 Å². The van der Waals surface area contributed by atoms with Crippen molar-refractivity contribution in [1.29, 1.82) is 0 Å². The van der Waals surface area contributed by atoms with Crippen LogP contribution in [0.15, 0.2) is 41.0 Å². The molecule has 2 nitrogen and oxygen atoms in total. The third-order valence-corrected chi connectivity index (χ3v) is 2.59. The van der Waals surface area contributed by atoms with Crippen molar-refractivity contribution in [2.75, 3.05) is 0 Å². The Bertz CT molecular complexity index is 529. The van der Waals surface area contributed by atoms with Crippen LogP contribution in [0.4, 0.5) is 4.39 Å². The van der Waals surface area contributed by atoms with Gasteiger partial charge in [-0.05, 0) is 42.2 Å². The highest BCUT2D eigenvalue weighted by Crippen LogP contribution is 2.12. The molecule has 2 aromatic rings. The van der Waals surface area contributed by atoms with Gasteiger partial charge in [-0.3, -0.25) is 4.79 Å². The van der Waals surface area contributed by atoms with Gasteiger partial charge in [0.2, 0.25) is 0 Å². The van der Waals surface area contributed by atoms with E-state index in [1.54, 1.807) is 18.4 Å². The van der Waals surface area contributed by atoms with Crippen LogP contribution in [0.3, 0.4) is 0 Å². The van der Waals surface area contributed by atoms with Crippen molar-refractivity contribution in [3.63, 3.8) is 0 Å². The molecule has 0 aliphatic carbocycles. The molecule has 0 aliphatic heterocycles. The number of hydrogen-bond acceptors (Lipinski definition) is 2. The van der Waals surface area contributed by atoms with Gasteiger partial charge in [0.25, 0.3) is 0 Å². The summed E-state index contributed by atoms with van der Waals surface area (Å²) in [7, 11) is 0. The second kappa shape index (κ2) is 4.95. The molecule has 1 heterocycles. The molecule has 1 aromatic heterocycles. The summed E-state index contributed by atoms with van der Waals surface area (Å²) >= 11 is 0. The Labute approximate surface area is 99.1 Å². The van der Waals surface area contributed by atoms with Gasteiger partial charge in [-0.15, -0.1) is 0 Å². The molecule has 0 spiro atoms. The van der Waals surface area contributed by atoms with Crippen LogP contribution >= 0.6 is 0 Å². The van der Waals surface area contributed by atoms with E-state index >= 15 is 0 Å². The number of furan rings is 1. The molecule has 0 saturated heterocycles. The summed E-state index contributed by atoms with van der Waals surface area (Å²) in [5, 5.41) is 0. The number of halogens is 1. The monoisotopic (exact) mass is 232 g/mol. The van der Waals surface area contributed by atoms with Crippen molar-refractivity contribution in [3.8, 4) is 0 Å². The third-order valence-electron chi connectivity index (χ3n) is 2.59. The van der Waals surface area contributed by atoms with Crippen molar-refractivity contribution >= 4 is 5.78 Å². The lowest BCUT2D eigenvalue weighted by Gasteiger charge is -1.99. The minimum absolute atomic E-state index is 0.0815.